The number of rotatable bonds is 6. The number of carbonyl (C=O) groups is 2. The van der Waals surface area contributed by atoms with E-state index in [1.807, 2.05) is 60.7 Å². The molecule has 0 saturated heterocycles. The van der Waals surface area contributed by atoms with Crippen LogP contribution in [0.5, 0.6) is 0 Å². The van der Waals surface area contributed by atoms with Crippen molar-refractivity contribution in [2.24, 2.45) is 0 Å². The molecule has 0 aromatic heterocycles. The Balaban J connectivity index is 1.49. The van der Waals surface area contributed by atoms with Crippen molar-refractivity contribution in [3.05, 3.63) is 83.6 Å². The smallest absolute Gasteiger partial charge is 0.354 e. The summed E-state index contributed by atoms with van der Waals surface area (Å²) in [6.07, 6.45) is 0.858. The lowest BCUT2D eigenvalue weighted by molar-refractivity contribution is -0.148. The van der Waals surface area contributed by atoms with Gasteiger partial charge in [-0.1, -0.05) is 60.7 Å². The third kappa shape index (κ3) is 4.94. The molecule has 26 heavy (non-hydrogen) atoms. The quantitative estimate of drug-likeness (QED) is 0.773. The molecule has 1 unspecified atom stereocenters. The number of esters is 2. The van der Waals surface area contributed by atoms with Gasteiger partial charge in [-0.3, -0.25) is 5.32 Å². The van der Waals surface area contributed by atoms with Crippen molar-refractivity contribution in [3.63, 3.8) is 0 Å². The molecule has 2 N–H and O–H groups in total. The number of hydrogen-bond acceptors (Lipinski definition) is 6. The van der Waals surface area contributed by atoms with Gasteiger partial charge in [0.1, 0.15) is 18.9 Å². The lowest BCUT2D eigenvalue weighted by Gasteiger charge is -2.24. The molecule has 0 bridgehead atoms. The molecule has 134 valence electrons. The average Bonchev–Trinajstić information content (AvgIpc) is 2.72. The molecular formula is C20H20N2O4. The highest BCUT2D eigenvalue weighted by Crippen LogP contribution is 2.07. The van der Waals surface area contributed by atoms with Gasteiger partial charge in [-0.2, -0.15) is 0 Å². The minimum atomic E-state index is -0.789. The fourth-order valence-corrected chi connectivity index (χ4v) is 2.44. The Labute approximate surface area is 151 Å². The Morgan fingerprint density at radius 3 is 2.08 bits per heavy atom. The van der Waals surface area contributed by atoms with Crippen molar-refractivity contribution in [1.29, 1.82) is 0 Å². The molecule has 0 saturated carbocycles. The maximum absolute atomic E-state index is 12.2. The van der Waals surface area contributed by atoms with Gasteiger partial charge >= 0.3 is 11.9 Å². The van der Waals surface area contributed by atoms with E-state index in [1.54, 1.807) is 6.08 Å². The predicted octanol–water partition coefficient (Wildman–Crippen LogP) is 1.88. The molecule has 3 rings (SSSR count). The molecule has 2 aromatic rings. The summed E-state index contributed by atoms with van der Waals surface area (Å²) in [6, 6.07) is 18.8. The maximum atomic E-state index is 12.2. The molecule has 0 fully saturated rings. The van der Waals surface area contributed by atoms with Crippen LogP contribution in [0.15, 0.2) is 72.4 Å². The number of benzene rings is 2. The first-order valence-electron chi connectivity index (χ1n) is 8.34. The molecule has 0 amide bonds. The van der Waals surface area contributed by atoms with E-state index in [1.165, 1.54) is 0 Å². The third-order valence-corrected chi connectivity index (χ3v) is 3.82. The van der Waals surface area contributed by atoms with Gasteiger partial charge in [-0.25, -0.2) is 9.59 Å². The molecule has 1 heterocycles. The van der Waals surface area contributed by atoms with E-state index >= 15 is 0 Å². The van der Waals surface area contributed by atoms with E-state index < -0.39 is 18.1 Å². The van der Waals surface area contributed by atoms with Gasteiger partial charge in [0, 0.05) is 6.54 Å². The average molecular weight is 352 g/mol. The van der Waals surface area contributed by atoms with Crippen molar-refractivity contribution in [2.75, 3.05) is 6.54 Å². The van der Waals surface area contributed by atoms with Crippen LogP contribution in [0, 0.1) is 0 Å². The van der Waals surface area contributed by atoms with Crippen molar-refractivity contribution in [1.82, 2.24) is 10.6 Å². The molecular weight excluding hydrogens is 332 g/mol. The maximum Gasteiger partial charge on any atom is 0.354 e. The monoisotopic (exact) mass is 352 g/mol. The molecule has 6 nitrogen and oxygen atoms in total. The van der Waals surface area contributed by atoms with Gasteiger partial charge in [0.2, 0.25) is 0 Å². The van der Waals surface area contributed by atoms with Crippen molar-refractivity contribution in [3.8, 4) is 0 Å². The second-order valence-electron chi connectivity index (χ2n) is 5.76. The minimum absolute atomic E-state index is 0.176. The molecule has 0 aliphatic carbocycles. The van der Waals surface area contributed by atoms with Crippen LogP contribution in [0.2, 0.25) is 0 Å². The Hall–Kier alpha value is -3.12. The number of carbonyl (C=O) groups excluding carboxylic acids is 2. The lowest BCUT2D eigenvalue weighted by Crippen LogP contribution is -2.52. The first kappa shape index (κ1) is 17.7. The predicted molar refractivity (Wildman–Crippen MR) is 95.5 cm³/mol. The zero-order chi connectivity index (χ0) is 18.2. The second-order valence-corrected chi connectivity index (χ2v) is 5.76. The first-order valence-corrected chi connectivity index (χ1v) is 8.34. The SMILES string of the molecule is O=C(OCc1ccccc1)C1=CCNC(C(=O)OCc2ccccc2)N1. The summed E-state index contributed by atoms with van der Waals surface area (Å²) >= 11 is 0. The largest absolute Gasteiger partial charge is 0.458 e. The Morgan fingerprint density at radius 2 is 1.46 bits per heavy atom. The van der Waals surface area contributed by atoms with Crippen LogP contribution in [-0.2, 0) is 32.3 Å². The normalized spacial score (nSPS) is 16.2. The molecule has 1 aliphatic rings. The van der Waals surface area contributed by atoms with Crippen LogP contribution in [-0.4, -0.2) is 24.6 Å². The topological polar surface area (TPSA) is 76.7 Å². The van der Waals surface area contributed by atoms with Gasteiger partial charge in [-0.15, -0.1) is 0 Å². The highest BCUT2D eigenvalue weighted by Gasteiger charge is 2.26. The molecule has 6 heteroatoms. The van der Waals surface area contributed by atoms with Crippen LogP contribution in [0.25, 0.3) is 0 Å². The molecule has 1 atom stereocenters. The molecule has 1 aliphatic heterocycles. The van der Waals surface area contributed by atoms with Gasteiger partial charge in [-0.05, 0) is 17.2 Å². The standard InChI is InChI=1S/C20H20N2O4/c23-19(25-13-15-7-3-1-4-8-15)17-11-12-21-18(22-17)20(24)26-14-16-9-5-2-6-10-16/h1-11,18,21-22H,12-14H2. The number of ether oxygens (including phenoxy) is 2. The van der Waals surface area contributed by atoms with Crippen LogP contribution >= 0.6 is 0 Å². The van der Waals surface area contributed by atoms with Crippen LogP contribution in [0.3, 0.4) is 0 Å². The number of nitrogens with one attached hydrogen (secondary N) is 2. The highest BCUT2D eigenvalue weighted by atomic mass is 16.5. The van der Waals surface area contributed by atoms with Crippen molar-refractivity contribution < 1.29 is 19.1 Å². The third-order valence-electron chi connectivity index (χ3n) is 3.82. The van der Waals surface area contributed by atoms with E-state index in [4.69, 9.17) is 9.47 Å². The van der Waals surface area contributed by atoms with Crippen LogP contribution in [0.1, 0.15) is 11.1 Å². The van der Waals surface area contributed by atoms with Crippen molar-refractivity contribution >= 4 is 11.9 Å². The van der Waals surface area contributed by atoms with E-state index in [9.17, 15) is 9.59 Å². The Kier molecular flexibility index (Phi) is 6.01. The van der Waals surface area contributed by atoms with Gasteiger partial charge in [0.25, 0.3) is 0 Å². The summed E-state index contributed by atoms with van der Waals surface area (Å²) in [6.45, 7) is 0.722. The molecule has 0 radical (unpaired) electrons. The lowest BCUT2D eigenvalue weighted by atomic mass is 10.2. The van der Waals surface area contributed by atoms with Crippen LogP contribution < -0.4 is 10.6 Å². The minimum Gasteiger partial charge on any atom is -0.458 e. The summed E-state index contributed by atoms with van der Waals surface area (Å²) in [5, 5.41) is 5.77. The van der Waals surface area contributed by atoms with Gasteiger partial charge in [0.15, 0.2) is 6.17 Å². The zero-order valence-electron chi connectivity index (χ0n) is 14.2. The summed E-state index contributed by atoms with van der Waals surface area (Å²) in [5.41, 5.74) is 2.05. The van der Waals surface area contributed by atoms with E-state index in [0.29, 0.717) is 6.54 Å². The fraction of sp³-hybridized carbons (Fsp3) is 0.200. The summed E-state index contributed by atoms with van der Waals surface area (Å²) in [5.74, 6) is -0.980. The van der Waals surface area contributed by atoms with Gasteiger partial charge in [0.05, 0.1) is 0 Å². The summed E-state index contributed by atoms with van der Waals surface area (Å²) in [7, 11) is 0. The summed E-state index contributed by atoms with van der Waals surface area (Å²) < 4.78 is 10.6. The molecule has 2 aromatic carbocycles. The zero-order valence-corrected chi connectivity index (χ0v) is 14.2. The molecule has 0 spiro atoms. The number of hydrogen-bond donors (Lipinski definition) is 2. The second kappa shape index (κ2) is 8.82. The fourth-order valence-electron chi connectivity index (χ4n) is 2.44. The first-order chi connectivity index (χ1) is 12.7. The Bertz CT molecular complexity index is 775. The van der Waals surface area contributed by atoms with Gasteiger partial charge < -0.3 is 14.8 Å². The van der Waals surface area contributed by atoms with E-state index in [-0.39, 0.29) is 18.9 Å². The van der Waals surface area contributed by atoms with Crippen molar-refractivity contribution in [2.45, 2.75) is 19.4 Å². The highest BCUT2D eigenvalue weighted by molar-refractivity contribution is 5.89. The summed E-state index contributed by atoms with van der Waals surface area (Å²) in [4.78, 5) is 24.4. The van der Waals surface area contributed by atoms with E-state index in [2.05, 4.69) is 10.6 Å². The van der Waals surface area contributed by atoms with E-state index in [0.717, 1.165) is 11.1 Å². The Morgan fingerprint density at radius 1 is 0.885 bits per heavy atom. The van der Waals surface area contributed by atoms with Crippen LogP contribution in [0.4, 0.5) is 0 Å².